The summed E-state index contributed by atoms with van der Waals surface area (Å²) in [4.78, 5) is 11.5. The van der Waals surface area contributed by atoms with Gasteiger partial charge in [0.1, 0.15) is 0 Å². The van der Waals surface area contributed by atoms with E-state index in [-0.39, 0.29) is 11.2 Å². The molecule has 0 saturated carbocycles. The molecule has 0 saturated heterocycles. The van der Waals surface area contributed by atoms with Gasteiger partial charge in [-0.05, 0) is 36.7 Å². The molecule has 1 rings (SSSR count). The molecule has 0 radical (unpaired) electrons. The Morgan fingerprint density at radius 2 is 2.27 bits per heavy atom. The molecule has 0 amide bonds. The molecule has 0 aromatic heterocycles. The van der Waals surface area contributed by atoms with E-state index in [0.717, 1.165) is 6.42 Å². The second-order valence-corrected chi connectivity index (χ2v) is 5.33. The molecule has 2 unspecified atom stereocenters. The van der Waals surface area contributed by atoms with Crippen molar-refractivity contribution < 1.29 is 4.79 Å². The Morgan fingerprint density at radius 3 is 2.80 bits per heavy atom. The van der Waals surface area contributed by atoms with Gasteiger partial charge in [0.15, 0.2) is 5.78 Å². The van der Waals surface area contributed by atoms with E-state index in [2.05, 4.69) is 40.3 Å². The first-order valence-electron chi connectivity index (χ1n) is 5.71. The molecule has 0 aromatic carbocycles. The normalized spacial score (nSPS) is 29.5. The Hall–Kier alpha value is -0.850. The minimum atomic E-state index is 0.162. The smallest absolute Gasteiger partial charge is 0.155 e. The van der Waals surface area contributed by atoms with Gasteiger partial charge in [0.25, 0.3) is 0 Å². The molecule has 0 heterocycles. The minimum absolute atomic E-state index is 0.162. The average molecular weight is 206 g/mol. The number of carbonyl (C=O) groups is 1. The number of hydrogen-bond acceptors (Lipinski definition) is 1. The lowest BCUT2D eigenvalue weighted by molar-refractivity contribution is -0.116. The van der Waals surface area contributed by atoms with E-state index in [1.807, 2.05) is 0 Å². The van der Waals surface area contributed by atoms with Gasteiger partial charge < -0.3 is 0 Å². The van der Waals surface area contributed by atoms with Crippen molar-refractivity contribution in [1.29, 1.82) is 0 Å². The zero-order valence-corrected chi connectivity index (χ0v) is 10.3. The van der Waals surface area contributed by atoms with Crippen molar-refractivity contribution in [3.63, 3.8) is 0 Å². The maximum Gasteiger partial charge on any atom is 0.155 e. The molecule has 0 N–H and O–H groups in total. The van der Waals surface area contributed by atoms with Gasteiger partial charge in [-0.25, -0.2) is 0 Å². The van der Waals surface area contributed by atoms with Crippen molar-refractivity contribution in [2.24, 2.45) is 17.3 Å². The number of allylic oxidation sites excluding steroid dienone is 3. The lowest BCUT2D eigenvalue weighted by Crippen LogP contribution is -2.35. The van der Waals surface area contributed by atoms with Crippen molar-refractivity contribution in [2.75, 3.05) is 0 Å². The van der Waals surface area contributed by atoms with Crippen molar-refractivity contribution in [2.45, 2.75) is 40.5 Å². The molecule has 0 aromatic rings. The quantitative estimate of drug-likeness (QED) is 0.507. The summed E-state index contributed by atoms with van der Waals surface area (Å²) in [6, 6.07) is 0. The van der Waals surface area contributed by atoms with Crippen LogP contribution >= 0.6 is 0 Å². The molecule has 1 aliphatic carbocycles. The van der Waals surface area contributed by atoms with E-state index in [9.17, 15) is 4.79 Å². The van der Waals surface area contributed by atoms with E-state index in [1.165, 1.54) is 11.6 Å². The lowest BCUT2D eigenvalue weighted by atomic mass is 9.62. The third kappa shape index (κ3) is 2.39. The molecule has 1 nitrogen and oxygen atoms in total. The van der Waals surface area contributed by atoms with Crippen LogP contribution in [-0.2, 0) is 4.79 Å². The molecule has 0 fully saturated rings. The number of ketones is 1. The first kappa shape index (κ1) is 12.2. The molecule has 0 aliphatic heterocycles. The molecular formula is C14H22O. The van der Waals surface area contributed by atoms with E-state index in [1.54, 1.807) is 0 Å². The SMILES string of the molecule is C=CC(=O)CC1C(C)=CCC(C)C1(C)C. The van der Waals surface area contributed by atoms with Crippen LogP contribution < -0.4 is 0 Å². The summed E-state index contributed by atoms with van der Waals surface area (Å²) >= 11 is 0. The summed E-state index contributed by atoms with van der Waals surface area (Å²) in [5.41, 5.74) is 1.59. The molecule has 2 atom stereocenters. The van der Waals surface area contributed by atoms with E-state index < -0.39 is 0 Å². The molecule has 0 bridgehead atoms. The predicted molar refractivity (Wildman–Crippen MR) is 64.6 cm³/mol. The maximum absolute atomic E-state index is 11.5. The summed E-state index contributed by atoms with van der Waals surface area (Å²) in [6.45, 7) is 12.5. The van der Waals surface area contributed by atoms with Crippen molar-refractivity contribution in [3.8, 4) is 0 Å². The summed E-state index contributed by atoms with van der Waals surface area (Å²) in [6.07, 6.45) is 5.49. The Morgan fingerprint density at radius 1 is 1.67 bits per heavy atom. The highest BCUT2D eigenvalue weighted by Crippen LogP contribution is 2.46. The van der Waals surface area contributed by atoms with Gasteiger partial charge in [-0.1, -0.05) is 39.0 Å². The zero-order chi connectivity index (χ0) is 11.6. The highest BCUT2D eigenvalue weighted by atomic mass is 16.1. The molecule has 1 aliphatic rings. The van der Waals surface area contributed by atoms with Crippen LogP contribution in [0.3, 0.4) is 0 Å². The minimum Gasteiger partial charge on any atom is -0.295 e. The fourth-order valence-corrected chi connectivity index (χ4v) is 2.45. The fourth-order valence-electron chi connectivity index (χ4n) is 2.45. The Kier molecular flexibility index (Phi) is 3.54. The lowest BCUT2D eigenvalue weighted by Gasteiger charge is -2.43. The Bertz CT molecular complexity index is 296. The van der Waals surface area contributed by atoms with Gasteiger partial charge in [-0.15, -0.1) is 0 Å². The van der Waals surface area contributed by atoms with Gasteiger partial charge in [-0.3, -0.25) is 4.79 Å². The van der Waals surface area contributed by atoms with Gasteiger partial charge >= 0.3 is 0 Å². The standard InChI is InChI=1S/C14H22O/c1-6-12(15)9-13-10(2)7-8-11(3)14(13,4)5/h6-7,11,13H,1,8-9H2,2-5H3. The summed E-state index contributed by atoms with van der Waals surface area (Å²) in [5, 5.41) is 0. The largest absolute Gasteiger partial charge is 0.295 e. The third-order valence-corrected chi connectivity index (χ3v) is 4.14. The maximum atomic E-state index is 11.5. The molecule has 1 heteroatoms. The predicted octanol–water partition coefficient (Wildman–Crippen LogP) is 3.76. The molecular weight excluding hydrogens is 184 g/mol. The second-order valence-electron chi connectivity index (χ2n) is 5.33. The van der Waals surface area contributed by atoms with Gasteiger partial charge in [0, 0.05) is 6.42 Å². The second kappa shape index (κ2) is 4.34. The molecule has 84 valence electrons. The van der Waals surface area contributed by atoms with Gasteiger partial charge in [0.2, 0.25) is 0 Å². The number of carbonyl (C=O) groups excluding carboxylic acids is 1. The van der Waals surface area contributed by atoms with Gasteiger partial charge in [-0.2, -0.15) is 0 Å². The first-order chi connectivity index (χ1) is 6.89. The highest BCUT2D eigenvalue weighted by molar-refractivity contribution is 5.89. The monoisotopic (exact) mass is 206 g/mol. The highest BCUT2D eigenvalue weighted by Gasteiger charge is 2.38. The van der Waals surface area contributed by atoms with Gasteiger partial charge in [0.05, 0.1) is 0 Å². The van der Waals surface area contributed by atoms with E-state index in [0.29, 0.717) is 18.3 Å². The van der Waals surface area contributed by atoms with E-state index >= 15 is 0 Å². The van der Waals surface area contributed by atoms with Crippen molar-refractivity contribution in [3.05, 3.63) is 24.3 Å². The number of hydrogen-bond donors (Lipinski definition) is 0. The average Bonchev–Trinajstić information content (AvgIpc) is 2.19. The van der Waals surface area contributed by atoms with Crippen LogP contribution in [0.4, 0.5) is 0 Å². The van der Waals surface area contributed by atoms with Crippen LogP contribution in [0.2, 0.25) is 0 Å². The van der Waals surface area contributed by atoms with Crippen molar-refractivity contribution in [1.82, 2.24) is 0 Å². The van der Waals surface area contributed by atoms with Crippen LogP contribution in [0.5, 0.6) is 0 Å². The van der Waals surface area contributed by atoms with Crippen LogP contribution in [0.25, 0.3) is 0 Å². The Labute approximate surface area is 93.3 Å². The van der Waals surface area contributed by atoms with E-state index in [4.69, 9.17) is 0 Å². The summed E-state index contributed by atoms with van der Waals surface area (Å²) in [5.74, 6) is 1.19. The fraction of sp³-hybridized carbons (Fsp3) is 0.643. The molecule has 15 heavy (non-hydrogen) atoms. The Balaban J connectivity index is 2.91. The van der Waals surface area contributed by atoms with Crippen LogP contribution in [0.15, 0.2) is 24.3 Å². The number of rotatable bonds is 3. The molecule has 0 spiro atoms. The zero-order valence-electron chi connectivity index (χ0n) is 10.3. The third-order valence-electron chi connectivity index (χ3n) is 4.14. The van der Waals surface area contributed by atoms with Crippen LogP contribution in [-0.4, -0.2) is 5.78 Å². The van der Waals surface area contributed by atoms with Crippen molar-refractivity contribution >= 4 is 5.78 Å². The summed E-state index contributed by atoms with van der Waals surface area (Å²) < 4.78 is 0. The topological polar surface area (TPSA) is 17.1 Å². The van der Waals surface area contributed by atoms with Crippen LogP contribution in [0.1, 0.15) is 40.5 Å². The first-order valence-corrected chi connectivity index (χ1v) is 5.71. The van der Waals surface area contributed by atoms with Crippen LogP contribution in [0, 0.1) is 17.3 Å². The summed E-state index contributed by atoms with van der Waals surface area (Å²) in [7, 11) is 0.